The van der Waals surface area contributed by atoms with Crippen molar-refractivity contribution in [1.82, 2.24) is 20.2 Å². The minimum absolute atomic E-state index is 0.147. The summed E-state index contributed by atoms with van der Waals surface area (Å²) in [5, 5.41) is 21.3. The third kappa shape index (κ3) is 2.47. The van der Waals surface area contributed by atoms with Gasteiger partial charge in [0, 0.05) is 12.0 Å². The molecule has 1 aromatic heterocycles. The molecule has 6 heteroatoms. The van der Waals surface area contributed by atoms with Gasteiger partial charge >= 0.3 is 0 Å². The average molecular weight is 236 g/mol. The van der Waals surface area contributed by atoms with Crippen molar-refractivity contribution in [2.24, 2.45) is 7.05 Å². The Kier molecular flexibility index (Phi) is 3.14. The first-order chi connectivity index (χ1) is 8.08. The number of tetrazole rings is 1. The lowest BCUT2D eigenvalue weighted by Crippen LogP contribution is -2.07. The van der Waals surface area contributed by atoms with E-state index in [9.17, 15) is 9.50 Å². The Morgan fingerprint density at radius 3 is 2.88 bits per heavy atom. The molecule has 0 aliphatic rings. The summed E-state index contributed by atoms with van der Waals surface area (Å²) in [6.45, 7) is 1.66. The summed E-state index contributed by atoms with van der Waals surface area (Å²) < 4.78 is 13.7. The van der Waals surface area contributed by atoms with Gasteiger partial charge in [-0.1, -0.05) is 18.2 Å². The molecule has 0 saturated carbocycles. The first-order valence-corrected chi connectivity index (χ1v) is 5.24. The van der Waals surface area contributed by atoms with Crippen molar-refractivity contribution in [2.75, 3.05) is 0 Å². The third-order valence-electron chi connectivity index (χ3n) is 2.51. The zero-order valence-electron chi connectivity index (χ0n) is 9.63. The van der Waals surface area contributed by atoms with Crippen molar-refractivity contribution in [3.63, 3.8) is 0 Å². The van der Waals surface area contributed by atoms with Crippen LogP contribution in [0.3, 0.4) is 0 Å². The van der Waals surface area contributed by atoms with Crippen molar-refractivity contribution in [1.29, 1.82) is 0 Å². The maximum atomic E-state index is 13.7. The van der Waals surface area contributed by atoms with Crippen LogP contribution in [0.5, 0.6) is 0 Å². The molecule has 2 aromatic rings. The molecule has 2 rings (SSSR count). The lowest BCUT2D eigenvalue weighted by atomic mass is 10.0. The first-order valence-electron chi connectivity index (χ1n) is 5.24. The zero-order valence-corrected chi connectivity index (χ0v) is 9.63. The van der Waals surface area contributed by atoms with E-state index in [0.717, 1.165) is 0 Å². The summed E-state index contributed by atoms with van der Waals surface area (Å²) in [5.41, 5.74) is 0.770. The highest BCUT2D eigenvalue weighted by Crippen LogP contribution is 2.21. The maximum Gasteiger partial charge on any atom is 0.177 e. The highest BCUT2D eigenvalue weighted by atomic mass is 19.1. The molecule has 0 saturated heterocycles. The van der Waals surface area contributed by atoms with Crippen LogP contribution < -0.4 is 0 Å². The molecule has 17 heavy (non-hydrogen) atoms. The van der Waals surface area contributed by atoms with Gasteiger partial charge in [-0.2, -0.15) is 4.80 Å². The van der Waals surface area contributed by atoms with Gasteiger partial charge in [0.15, 0.2) is 5.82 Å². The van der Waals surface area contributed by atoms with Crippen LogP contribution in [0.1, 0.15) is 23.1 Å². The van der Waals surface area contributed by atoms with E-state index in [1.807, 2.05) is 0 Å². The Balaban J connectivity index is 2.20. The monoisotopic (exact) mass is 236 g/mol. The fourth-order valence-corrected chi connectivity index (χ4v) is 1.62. The summed E-state index contributed by atoms with van der Waals surface area (Å²) in [7, 11) is 1.64. The van der Waals surface area contributed by atoms with Gasteiger partial charge in [-0.05, 0) is 17.7 Å². The number of aliphatic hydroxyl groups is 1. The van der Waals surface area contributed by atoms with Crippen molar-refractivity contribution in [3.05, 3.63) is 41.0 Å². The van der Waals surface area contributed by atoms with Gasteiger partial charge < -0.3 is 5.11 Å². The Hall–Kier alpha value is -1.82. The van der Waals surface area contributed by atoms with Crippen molar-refractivity contribution in [2.45, 2.75) is 19.4 Å². The molecule has 0 bridgehead atoms. The minimum atomic E-state index is -0.959. The lowest BCUT2D eigenvalue weighted by Gasteiger charge is -2.10. The van der Waals surface area contributed by atoms with Gasteiger partial charge in [0.2, 0.25) is 0 Å². The highest BCUT2D eigenvalue weighted by Gasteiger charge is 2.16. The number of rotatable bonds is 3. The highest BCUT2D eigenvalue weighted by molar-refractivity contribution is 5.27. The van der Waals surface area contributed by atoms with Gasteiger partial charge in [0.1, 0.15) is 5.82 Å². The molecule has 5 nitrogen and oxygen atoms in total. The number of hydrogen-bond donors (Lipinski definition) is 1. The second-order valence-electron chi connectivity index (χ2n) is 3.89. The van der Waals surface area contributed by atoms with E-state index in [2.05, 4.69) is 15.4 Å². The smallest absolute Gasteiger partial charge is 0.177 e. The predicted octanol–water partition coefficient (Wildman–Crippen LogP) is 0.934. The lowest BCUT2D eigenvalue weighted by molar-refractivity contribution is 0.171. The third-order valence-corrected chi connectivity index (χ3v) is 2.51. The number of benzene rings is 1. The standard InChI is InChI=1S/C11H13FN4O/c1-7-4-3-5-8(11(7)12)9(17)6-10-13-15-16(2)14-10/h3-5,9,17H,6H2,1-2H3. The van der Waals surface area contributed by atoms with Crippen LogP contribution in [0.25, 0.3) is 0 Å². The molecule has 0 radical (unpaired) electrons. The van der Waals surface area contributed by atoms with E-state index in [1.54, 1.807) is 32.2 Å². The van der Waals surface area contributed by atoms with E-state index < -0.39 is 6.10 Å². The van der Waals surface area contributed by atoms with E-state index in [0.29, 0.717) is 11.4 Å². The number of halogens is 1. The van der Waals surface area contributed by atoms with E-state index >= 15 is 0 Å². The molecule has 1 aromatic carbocycles. The van der Waals surface area contributed by atoms with Gasteiger partial charge in [-0.3, -0.25) is 0 Å². The summed E-state index contributed by atoms with van der Waals surface area (Å²) in [4.78, 5) is 1.30. The molecule has 0 amide bonds. The largest absolute Gasteiger partial charge is 0.388 e. The first kappa shape index (κ1) is 11.7. The Morgan fingerprint density at radius 1 is 1.47 bits per heavy atom. The van der Waals surface area contributed by atoms with Crippen LogP contribution >= 0.6 is 0 Å². The van der Waals surface area contributed by atoms with Crippen LogP contribution in [0.4, 0.5) is 4.39 Å². The molecule has 1 N–H and O–H groups in total. The predicted molar refractivity (Wildman–Crippen MR) is 58.6 cm³/mol. The van der Waals surface area contributed by atoms with Crippen LogP contribution in [0, 0.1) is 12.7 Å². The molecule has 1 heterocycles. The topological polar surface area (TPSA) is 63.8 Å². The SMILES string of the molecule is Cc1cccc(C(O)Cc2nnn(C)n2)c1F. The number of aryl methyl sites for hydroxylation is 2. The summed E-state index contributed by atoms with van der Waals surface area (Å²) in [6, 6.07) is 4.93. The van der Waals surface area contributed by atoms with Gasteiger partial charge in [-0.15, -0.1) is 10.2 Å². The number of nitrogens with zero attached hydrogens (tertiary/aromatic N) is 4. The fourth-order valence-electron chi connectivity index (χ4n) is 1.62. The maximum absolute atomic E-state index is 13.7. The van der Waals surface area contributed by atoms with E-state index in [1.165, 1.54) is 4.80 Å². The molecule has 0 aliphatic carbocycles. The summed E-state index contributed by atoms with van der Waals surface area (Å²) in [5.74, 6) is 0.00444. The molecule has 90 valence electrons. The number of aliphatic hydroxyl groups excluding tert-OH is 1. The summed E-state index contributed by atoms with van der Waals surface area (Å²) >= 11 is 0. The Labute approximate surface area is 97.9 Å². The summed E-state index contributed by atoms with van der Waals surface area (Å²) in [6.07, 6.45) is -0.812. The Morgan fingerprint density at radius 2 is 2.24 bits per heavy atom. The molecule has 1 unspecified atom stereocenters. The number of hydrogen-bond acceptors (Lipinski definition) is 4. The van der Waals surface area contributed by atoms with Gasteiger partial charge in [-0.25, -0.2) is 4.39 Å². The molecular weight excluding hydrogens is 223 g/mol. The second kappa shape index (κ2) is 4.58. The van der Waals surface area contributed by atoms with Crippen LogP contribution in [-0.2, 0) is 13.5 Å². The van der Waals surface area contributed by atoms with Crippen molar-refractivity contribution >= 4 is 0 Å². The van der Waals surface area contributed by atoms with E-state index in [4.69, 9.17) is 0 Å². The van der Waals surface area contributed by atoms with Crippen LogP contribution in [-0.4, -0.2) is 25.3 Å². The molecule has 0 aliphatic heterocycles. The fraction of sp³-hybridized carbons (Fsp3) is 0.364. The van der Waals surface area contributed by atoms with Crippen molar-refractivity contribution < 1.29 is 9.50 Å². The molecule has 0 fully saturated rings. The van der Waals surface area contributed by atoms with Crippen molar-refractivity contribution in [3.8, 4) is 0 Å². The van der Waals surface area contributed by atoms with Gasteiger partial charge in [0.25, 0.3) is 0 Å². The van der Waals surface area contributed by atoms with Crippen LogP contribution in [0.15, 0.2) is 18.2 Å². The zero-order chi connectivity index (χ0) is 12.4. The normalized spacial score (nSPS) is 12.7. The number of aromatic nitrogens is 4. The Bertz CT molecular complexity index is 526. The molecular formula is C11H13FN4O. The average Bonchev–Trinajstić information content (AvgIpc) is 2.68. The van der Waals surface area contributed by atoms with E-state index in [-0.39, 0.29) is 17.8 Å². The minimum Gasteiger partial charge on any atom is -0.388 e. The van der Waals surface area contributed by atoms with Gasteiger partial charge in [0.05, 0.1) is 13.2 Å². The second-order valence-corrected chi connectivity index (χ2v) is 3.89. The quantitative estimate of drug-likeness (QED) is 0.861. The van der Waals surface area contributed by atoms with Crippen LogP contribution in [0.2, 0.25) is 0 Å². The molecule has 0 spiro atoms. The molecule has 1 atom stereocenters.